The van der Waals surface area contributed by atoms with Gasteiger partial charge in [-0.05, 0) is 5.56 Å². The van der Waals surface area contributed by atoms with Crippen LogP contribution in [-0.2, 0) is 0 Å². The summed E-state index contributed by atoms with van der Waals surface area (Å²) in [6.45, 7) is 4.00. The molecular formula is C9H12S2. The van der Waals surface area contributed by atoms with Gasteiger partial charge in [-0.1, -0.05) is 56.4 Å². The molecule has 0 aliphatic carbocycles. The summed E-state index contributed by atoms with van der Waals surface area (Å²) < 4.78 is 0.649. The summed E-state index contributed by atoms with van der Waals surface area (Å²) in [4.78, 5) is 0. The van der Waals surface area contributed by atoms with Crippen molar-refractivity contribution in [3.8, 4) is 0 Å². The summed E-state index contributed by atoms with van der Waals surface area (Å²) in [5, 5.41) is 0. The average molecular weight is 184 g/mol. The van der Waals surface area contributed by atoms with E-state index in [2.05, 4.69) is 12.6 Å². The molecule has 1 rings (SSSR count). The highest BCUT2D eigenvalue weighted by Crippen LogP contribution is 2.02. The number of benzene rings is 1. The zero-order valence-corrected chi connectivity index (χ0v) is 8.45. The molecule has 0 aliphatic rings. The molecular weight excluding hydrogens is 172 g/mol. The molecule has 1 aromatic carbocycles. The molecule has 0 N–H and O–H groups in total. The Bertz CT molecular complexity index is 204. The van der Waals surface area contributed by atoms with Gasteiger partial charge in [-0.25, -0.2) is 0 Å². The van der Waals surface area contributed by atoms with Crippen molar-refractivity contribution >= 4 is 29.0 Å². The number of thiol groups is 1. The molecule has 0 aliphatic heterocycles. The fraction of sp³-hybridized carbons (Fsp3) is 0.222. The van der Waals surface area contributed by atoms with Crippen LogP contribution in [0.4, 0.5) is 0 Å². The lowest BCUT2D eigenvalue weighted by atomic mass is 10.2. The van der Waals surface area contributed by atoms with Gasteiger partial charge >= 0.3 is 0 Å². The lowest BCUT2D eigenvalue weighted by molar-refractivity contribution is 1.50. The Morgan fingerprint density at radius 2 is 1.64 bits per heavy atom. The molecule has 0 atom stereocenters. The first-order valence-electron chi connectivity index (χ1n) is 3.59. The fourth-order valence-electron chi connectivity index (χ4n) is 0.581. The first-order chi connectivity index (χ1) is 5.30. The summed E-state index contributed by atoms with van der Waals surface area (Å²) in [7, 11) is 0. The van der Waals surface area contributed by atoms with E-state index >= 15 is 0 Å². The van der Waals surface area contributed by atoms with Crippen LogP contribution in [0.25, 0.3) is 0 Å². The molecule has 0 aromatic heterocycles. The van der Waals surface area contributed by atoms with E-state index in [4.69, 9.17) is 12.2 Å². The highest BCUT2D eigenvalue weighted by molar-refractivity contribution is 8.11. The average Bonchev–Trinajstić information content (AvgIpc) is 2.10. The Morgan fingerprint density at radius 1 is 1.18 bits per heavy atom. The molecule has 0 saturated carbocycles. The number of hydrogen-bond acceptors (Lipinski definition) is 1. The molecule has 0 nitrogen and oxygen atoms in total. The lowest BCUT2D eigenvalue weighted by Gasteiger charge is -1.91. The van der Waals surface area contributed by atoms with E-state index in [1.54, 1.807) is 0 Å². The van der Waals surface area contributed by atoms with Gasteiger partial charge in [0.05, 0.1) is 4.20 Å². The largest absolute Gasteiger partial charge is 0.131 e. The van der Waals surface area contributed by atoms with Crippen molar-refractivity contribution in [2.24, 2.45) is 0 Å². The van der Waals surface area contributed by atoms with Crippen molar-refractivity contribution < 1.29 is 0 Å². The third-order valence-electron chi connectivity index (χ3n) is 1.02. The van der Waals surface area contributed by atoms with Crippen molar-refractivity contribution in [2.45, 2.75) is 13.8 Å². The van der Waals surface area contributed by atoms with E-state index in [9.17, 15) is 0 Å². The molecule has 0 saturated heterocycles. The van der Waals surface area contributed by atoms with Crippen LogP contribution in [0.3, 0.4) is 0 Å². The summed E-state index contributed by atoms with van der Waals surface area (Å²) in [5.41, 5.74) is 1.01. The van der Waals surface area contributed by atoms with E-state index in [1.165, 1.54) is 0 Å². The minimum atomic E-state index is 0.649. The highest BCUT2D eigenvalue weighted by atomic mass is 32.1. The van der Waals surface area contributed by atoms with Gasteiger partial charge in [0, 0.05) is 0 Å². The smallest absolute Gasteiger partial charge is 0.0747 e. The molecule has 0 unspecified atom stereocenters. The maximum atomic E-state index is 4.83. The Balaban J connectivity index is 0.000000461. The lowest BCUT2D eigenvalue weighted by Crippen LogP contribution is -1.83. The topological polar surface area (TPSA) is 0 Å². The molecule has 0 radical (unpaired) electrons. The van der Waals surface area contributed by atoms with Crippen molar-refractivity contribution in [1.29, 1.82) is 0 Å². The van der Waals surface area contributed by atoms with Crippen molar-refractivity contribution in [2.75, 3.05) is 0 Å². The Kier molecular flexibility index (Phi) is 6.18. The summed E-state index contributed by atoms with van der Waals surface area (Å²) in [6, 6.07) is 9.72. The third-order valence-corrected chi connectivity index (χ3v) is 1.51. The van der Waals surface area contributed by atoms with Crippen molar-refractivity contribution in [3.63, 3.8) is 0 Å². The zero-order valence-electron chi connectivity index (χ0n) is 6.74. The van der Waals surface area contributed by atoms with E-state index in [-0.39, 0.29) is 0 Å². The van der Waals surface area contributed by atoms with Crippen LogP contribution in [0, 0.1) is 0 Å². The molecule has 11 heavy (non-hydrogen) atoms. The standard InChI is InChI=1S/C7H6S2.C2H6/c8-7(9)6-4-2-1-3-5-6;1-2/h1-5H,(H,8,9);1-2H3. The van der Waals surface area contributed by atoms with E-state index in [1.807, 2.05) is 44.2 Å². The summed E-state index contributed by atoms with van der Waals surface area (Å²) >= 11 is 8.85. The summed E-state index contributed by atoms with van der Waals surface area (Å²) in [6.07, 6.45) is 0. The number of rotatable bonds is 1. The Labute approximate surface area is 79.0 Å². The van der Waals surface area contributed by atoms with Gasteiger partial charge in [0.1, 0.15) is 0 Å². The predicted octanol–water partition coefficient (Wildman–Crippen LogP) is 3.32. The third kappa shape index (κ3) is 4.17. The molecule has 0 amide bonds. The SMILES string of the molecule is CC.S=C(S)c1ccccc1. The Morgan fingerprint density at radius 3 is 1.91 bits per heavy atom. The molecule has 0 bridgehead atoms. The van der Waals surface area contributed by atoms with Crippen LogP contribution < -0.4 is 0 Å². The monoisotopic (exact) mass is 184 g/mol. The second kappa shape index (κ2) is 6.38. The van der Waals surface area contributed by atoms with Gasteiger partial charge in [0.15, 0.2) is 0 Å². The van der Waals surface area contributed by atoms with Crippen molar-refractivity contribution in [3.05, 3.63) is 35.9 Å². The van der Waals surface area contributed by atoms with Crippen LogP contribution in [0.5, 0.6) is 0 Å². The van der Waals surface area contributed by atoms with Crippen LogP contribution >= 0.6 is 24.8 Å². The van der Waals surface area contributed by atoms with Crippen LogP contribution in [0.15, 0.2) is 30.3 Å². The molecule has 1 aromatic rings. The predicted molar refractivity (Wildman–Crippen MR) is 58.5 cm³/mol. The molecule has 0 fully saturated rings. The highest BCUT2D eigenvalue weighted by Gasteiger charge is 1.89. The van der Waals surface area contributed by atoms with Crippen LogP contribution in [0.2, 0.25) is 0 Å². The normalized spacial score (nSPS) is 7.91. The second-order valence-electron chi connectivity index (χ2n) is 1.67. The Hall–Kier alpha value is -0.340. The van der Waals surface area contributed by atoms with Gasteiger partial charge in [-0.15, -0.1) is 12.6 Å². The molecule has 2 heteroatoms. The first kappa shape index (κ1) is 10.7. The van der Waals surface area contributed by atoms with Crippen LogP contribution in [0.1, 0.15) is 19.4 Å². The van der Waals surface area contributed by atoms with E-state index in [0.29, 0.717) is 4.20 Å². The molecule has 0 heterocycles. The summed E-state index contributed by atoms with van der Waals surface area (Å²) in [5.74, 6) is 0. The van der Waals surface area contributed by atoms with Crippen LogP contribution in [-0.4, -0.2) is 4.20 Å². The number of thiocarbonyl (C=S) groups is 1. The van der Waals surface area contributed by atoms with Gasteiger partial charge in [-0.2, -0.15) is 0 Å². The minimum Gasteiger partial charge on any atom is -0.131 e. The van der Waals surface area contributed by atoms with Gasteiger partial charge in [0.2, 0.25) is 0 Å². The number of hydrogen-bond donors (Lipinski definition) is 1. The van der Waals surface area contributed by atoms with Gasteiger partial charge in [0.25, 0.3) is 0 Å². The fourth-order valence-corrected chi connectivity index (χ4v) is 0.866. The molecule has 0 spiro atoms. The maximum Gasteiger partial charge on any atom is 0.0747 e. The first-order valence-corrected chi connectivity index (χ1v) is 4.44. The second-order valence-corrected chi connectivity index (χ2v) is 2.83. The van der Waals surface area contributed by atoms with Crippen molar-refractivity contribution in [1.82, 2.24) is 0 Å². The molecule has 60 valence electrons. The van der Waals surface area contributed by atoms with Gasteiger partial charge < -0.3 is 0 Å². The zero-order chi connectivity index (χ0) is 8.69. The maximum absolute atomic E-state index is 4.83. The van der Waals surface area contributed by atoms with E-state index < -0.39 is 0 Å². The van der Waals surface area contributed by atoms with Gasteiger partial charge in [-0.3, -0.25) is 0 Å². The minimum absolute atomic E-state index is 0.649. The van der Waals surface area contributed by atoms with E-state index in [0.717, 1.165) is 5.56 Å². The quantitative estimate of drug-likeness (QED) is 0.516.